The standard InChI is InChI=1S/C16H21N5OS/c1-12-5-9-23-14(12)10-19-16(22)20-13-4-2-8-21(11-13)15-17-6-3-7-18-15/h3,5-7,9,13H,2,4,8,10-11H2,1H3,(H2,19,20,22)/t13-/m1/s1. The van der Waals surface area contributed by atoms with E-state index in [0.29, 0.717) is 6.54 Å². The predicted molar refractivity (Wildman–Crippen MR) is 91.7 cm³/mol. The number of hydrogen-bond acceptors (Lipinski definition) is 5. The van der Waals surface area contributed by atoms with Crippen molar-refractivity contribution in [2.45, 2.75) is 32.4 Å². The van der Waals surface area contributed by atoms with Crippen LogP contribution in [-0.2, 0) is 6.54 Å². The van der Waals surface area contributed by atoms with E-state index in [-0.39, 0.29) is 12.1 Å². The van der Waals surface area contributed by atoms with Crippen molar-refractivity contribution in [1.82, 2.24) is 20.6 Å². The number of carbonyl (C=O) groups excluding carboxylic acids is 1. The number of hydrogen-bond donors (Lipinski definition) is 2. The third kappa shape index (κ3) is 4.19. The van der Waals surface area contributed by atoms with Crippen molar-refractivity contribution in [3.05, 3.63) is 40.3 Å². The number of carbonyl (C=O) groups is 1. The summed E-state index contributed by atoms with van der Waals surface area (Å²) in [6, 6.07) is 3.89. The molecule has 0 radical (unpaired) electrons. The molecule has 23 heavy (non-hydrogen) atoms. The Morgan fingerprint density at radius 2 is 2.26 bits per heavy atom. The molecule has 2 N–H and O–H groups in total. The number of aromatic nitrogens is 2. The molecule has 1 aliphatic heterocycles. The van der Waals surface area contributed by atoms with Gasteiger partial charge in [0.05, 0.1) is 6.54 Å². The van der Waals surface area contributed by atoms with Gasteiger partial charge >= 0.3 is 6.03 Å². The summed E-state index contributed by atoms with van der Waals surface area (Å²) >= 11 is 1.67. The molecule has 0 aliphatic carbocycles. The molecule has 3 heterocycles. The maximum absolute atomic E-state index is 12.1. The lowest BCUT2D eigenvalue weighted by atomic mass is 10.1. The van der Waals surface area contributed by atoms with E-state index < -0.39 is 0 Å². The van der Waals surface area contributed by atoms with Crippen LogP contribution < -0.4 is 15.5 Å². The second-order valence-corrected chi connectivity index (χ2v) is 6.69. The van der Waals surface area contributed by atoms with Crippen LogP contribution in [0, 0.1) is 6.92 Å². The number of anilines is 1. The van der Waals surface area contributed by atoms with Crippen molar-refractivity contribution in [2.75, 3.05) is 18.0 Å². The fourth-order valence-corrected chi connectivity index (χ4v) is 3.56. The highest BCUT2D eigenvalue weighted by atomic mass is 32.1. The lowest BCUT2D eigenvalue weighted by Gasteiger charge is -2.33. The van der Waals surface area contributed by atoms with Gasteiger partial charge in [0.25, 0.3) is 0 Å². The molecular formula is C16H21N5OS. The highest BCUT2D eigenvalue weighted by Crippen LogP contribution is 2.16. The molecule has 1 saturated heterocycles. The lowest BCUT2D eigenvalue weighted by Crippen LogP contribution is -2.50. The smallest absolute Gasteiger partial charge is 0.315 e. The van der Waals surface area contributed by atoms with Crippen molar-refractivity contribution in [1.29, 1.82) is 0 Å². The van der Waals surface area contributed by atoms with Gasteiger partial charge < -0.3 is 15.5 Å². The number of thiophene rings is 1. The van der Waals surface area contributed by atoms with Crippen LogP contribution in [0.2, 0.25) is 0 Å². The molecule has 1 fully saturated rings. The SMILES string of the molecule is Cc1ccsc1CNC(=O)N[C@@H]1CCCN(c2ncccn2)C1. The van der Waals surface area contributed by atoms with E-state index in [1.54, 1.807) is 23.7 Å². The Hall–Kier alpha value is -2.15. The Balaban J connectivity index is 1.49. The van der Waals surface area contributed by atoms with E-state index in [4.69, 9.17) is 0 Å². The Kier molecular flexibility index (Phi) is 5.07. The minimum Gasteiger partial charge on any atom is -0.339 e. The van der Waals surface area contributed by atoms with E-state index in [2.05, 4.69) is 38.5 Å². The summed E-state index contributed by atoms with van der Waals surface area (Å²) in [6.45, 7) is 4.31. The first-order chi connectivity index (χ1) is 11.2. The van der Waals surface area contributed by atoms with Crippen LogP contribution in [0.5, 0.6) is 0 Å². The molecule has 7 heteroatoms. The second kappa shape index (κ2) is 7.41. The maximum atomic E-state index is 12.1. The van der Waals surface area contributed by atoms with Gasteiger partial charge in [-0.15, -0.1) is 11.3 Å². The first-order valence-electron chi connectivity index (χ1n) is 7.81. The molecule has 1 atom stereocenters. The molecule has 122 valence electrons. The minimum atomic E-state index is -0.112. The molecule has 0 bridgehead atoms. The number of nitrogens with one attached hydrogen (secondary N) is 2. The van der Waals surface area contributed by atoms with E-state index >= 15 is 0 Å². The predicted octanol–water partition coefficient (Wildman–Crippen LogP) is 2.31. The van der Waals surface area contributed by atoms with Crippen molar-refractivity contribution < 1.29 is 4.79 Å². The highest BCUT2D eigenvalue weighted by Gasteiger charge is 2.22. The van der Waals surface area contributed by atoms with Gasteiger partial charge in [-0.25, -0.2) is 14.8 Å². The number of nitrogens with zero attached hydrogens (tertiary/aromatic N) is 3. The van der Waals surface area contributed by atoms with Crippen molar-refractivity contribution in [3.63, 3.8) is 0 Å². The van der Waals surface area contributed by atoms with Crippen LogP contribution in [0.15, 0.2) is 29.9 Å². The highest BCUT2D eigenvalue weighted by molar-refractivity contribution is 7.10. The molecule has 3 rings (SSSR count). The van der Waals surface area contributed by atoms with E-state index in [0.717, 1.165) is 31.9 Å². The molecule has 2 amide bonds. The van der Waals surface area contributed by atoms with Gasteiger partial charge in [0, 0.05) is 36.4 Å². The first-order valence-corrected chi connectivity index (χ1v) is 8.69. The summed E-state index contributed by atoms with van der Waals surface area (Å²) in [5.74, 6) is 0.730. The lowest BCUT2D eigenvalue weighted by molar-refractivity contribution is 0.234. The summed E-state index contributed by atoms with van der Waals surface area (Å²) in [5, 5.41) is 8.04. The van der Waals surface area contributed by atoms with Gasteiger partial charge in [-0.2, -0.15) is 0 Å². The normalized spacial score (nSPS) is 17.8. The molecular weight excluding hydrogens is 310 g/mol. The van der Waals surface area contributed by atoms with Gasteiger partial charge in [0.2, 0.25) is 5.95 Å². The topological polar surface area (TPSA) is 70.2 Å². The van der Waals surface area contributed by atoms with Gasteiger partial charge in [-0.1, -0.05) is 0 Å². The van der Waals surface area contributed by atoms with Gasteiger partial charge in [0.1, 0.15) is 0 Å². The Morgan fingerprint density at radius 3 is 3.00 bits per heavy atom. The van der Waals surface area contributed by atoms with Crippen molar-refractivity contribution >= 4 is 23.3 Å². The number of amides is 2. The molecule has 0 unspecified atom stereocenters. The first kappa shape index (κ1) is 15.7. The third-order valence-corrected chi connectivity index (χ3v) is 4.99. The maximum Gasteiger partial charge on any atom is 0.315 e. The number of piperidine rings is 1. The molecule has 2 aromatic heterocycles. The van der Waals surface area contributed by atoms with Crippen LogP contribution >= 0.6 is 11.3 Å². The summed E-state index contributed by atoms with van der Waals surface area (Å²) in [7, 11) is 0. The number of aryl methyl sites for hydroxylation is 1. The third-order valence-electron chi connectivity index (χ3n) is 3.97. The monoisotopic (exact) mass is 331 g/mol. The Bertz CT molecular complexity index is 645. The average Bonchev–Trinajstić information content (AvgIpc) is 2.99. The number of rotatable bonds is 4. The largest absolute Gasteiger partial charge is 0.339 e. The zero-order valence-electron chi connectivity index (χ0n) is 13.2. The zero-order chi connectivity index (χ0) is 16.1. The summed E-state index contributed by atoms with van der Waals surface area (Å²) < 4.78 is 0. The summed E-state index contributed by atoms with van der Waals surface area (Å²) in [5.41, 5.74) is 1.22. The molecule has 0 aromatic carbocycles. The fourth-order valence-electron chi connectivity index (χ4n) is 2.71. The summed E-state index contributed by atoms with van der Waals surface area (Å²) in [6.07, 6.45) is 5.49. The van der Waals surface area contributed by atoms with Gasteiger partial charge in [0.15, 0.2) is 0 Å². The Morgan fingerprint density at radius 1 is 1.43 bits per heavy atom. The molecule has 1 aliphatic rings. The van der Waals surface area contributed by atoms with Crippen molar-refractivity contribution in [3.8, 4) is 0 Å². The van der Waals surface area contributed by atoms with E-state index in [9.17, 15) is 4.79 Å². The van der Waals surface area contributed by atoms with Crippen LogP contribution in [0.4, 0.5) is 10.7 Å². The molecule has 2 aromatic rings. The van der Waals surface area contributed by atoms with Crippen LogP contribution in [0.1, 0.15) is 23.3 Å². The van der Waals surface area contributed by atoms with Crippen molar-refractivity contribution in [2.24, 2.45) is 0 Å². The molecule has 0 spiro atoms. The zero-order valence-corrected chi connectivity index (χ0v) is 14.0. The number of urea groups is 1. The fraction of sp³-hybridized carbons (Fsp3) is 0.438. The molecule has 0 saturated carbocycles. The van der Waals surface area contributed by atoms with Gasteiger partial charge in [-0.3, -0.25) is 0 Å². The minimum absolute atomic E-state index is 0.112. The van der Waals surface area contributed by atoms with Crippen LogP contribution in [-0.4, -0.2) is 35.1 Å². The molecule has 6 nitrogen and oxygen atoms in total. The van der Waals surface area contributed by atoms with E-state index in [1.165, 1.54) is 10.4 Å². The van der Waals surface area contributed by atoms with Crippen LogP contribution in [0.25, 0.3) is 0 Å². The summed E-state index contributed by atoms with van der Waals surface area (Å²) in [4.78, 5) is 24.0. The average molecular weight is 331 g/mol. The van der Waals surface area contributed by atoms with Crippen LogP contribution in [0.3, 0.4) is 0 Å². The van der Waals surface area contributed by atoms with Gasteiger partial charge in [-0.05, 0) is 42.8 Å². The quantitative estimate of drug-likeness (QED) is 0.902. The second-order valence-electron chi connectivity index (χ2n) is 5.69. The van der Waals surface area contributed by atoms with E-state index in [1.807, 2.05) is 11.4 Å². The Labute approximate surface area is 140 Å².